The van der Waals surface area contributed by atoms with E-state index in [1.807, 2.05) is 13.8 Å². The second kappa shape index (κ2) is 8.18. The predicted octanol–water partition coefficient (Wildman–Crippen LogP) is 3.62. The van der Waals surface area contributed by atoms with Crippen molar-refractivity contribution in [2.45, 2.75) is 25.2 Å². The number of hydrogen-bond acceptors (Lipinski definition) is 4. The molecular weight excluding hydrogens is 359 g/mol. The van der Waals surface area contributed by atoms with E-state index >= 15 is 0 Å². The van der Waals surface area contributed by atoms with Gasteiger partial charge >= 0.3 is 0 Å². The lowest BCUT2D eigenvalue weighted by Crippen LogP contribution is -2.16. The van der Waals surface area contributed by atoms with E-state index in [4.69, 9.17) is 4.74 Å². The first kappa shape index (κ1) is 19.7. The van der Waals surface area contributed by atoms with Gasteiger partial charge in [0.05, 0.1) is 17.7 Å². The van der Waals surface area contributed by atoms with Crippen LogP contribution in [0.1, 0.15) is 20.3 Å². The number of methoxy groups -OCH3 is 1. The summed E-state index contributed by atoms with van der Waals surface area (Å²) in [5.41, 5.74) is 0.604. The van der Waals surface area contributed by atoms with Crippen molar-refractivity contribution < 1.29 is 22.3 Å². The Kier molecular flexibility index (Phi) is 6.20. The quantitative estimate of drug-likeness (QED) is 0.768. The first-order valence-electron chi connectivity index (χ1n) is 7.97. The largest absolute Gasteiger partial charge is 0.495 e. The summed E-state index contributed by atoms with van der Waals surface area (Å²) in [6, 6.07) is 9.10. The van der Waals surface area contributed by atoms with Crippen LogP contribution in [0.5, 0.6) is 5.75 Å². The van der Waals surface area contributed by atoms with E-state index in [0.717, 1.165) is 12.1 Å². The topological polar surface area (TPSA) is 84.5 Å². The fourth-order valence-electron chi connectivity index (χ4n) is 2.27. The van der Waals surface area contributed by atoms with Crippen LogP contribution in [-0.4, -0.2) is 21.4 Å². The highest BCUT2D eigenvalue weighted by molar-refractivity contribution is 7.92. The Balaban J connectivity index is 2.28. The van der Waals surface area contributed by atoms with Gasteiger partial charge in [-0.2, -0.15) is 0 Å². The standard InChI is InChI=1S/C18H21FN2O4S/c1-12(2)10-18(22)20-14-6-9-17(25-3)16(11-14)21-26(23,24)15-7-4-13(19)5-8-15/h4-9,11-12,21H,10H2,1-3H3,(H,20,22). The summed E-state index contributed by atoms with van der Waals surface area (Å²) >= 11 is 0. The molecule has 0 saturated carbocycles. The zero-order valence-electron chi connectivity index (χ0n) is 14.7. The highest BCUT2D eigenvalue weighted by atomic mass is 32.2. The minimum Gasteiger partial charge on any atom is -0.495 e. The predicted molar refractivity (Wildman–Crippen MR) is 98.3 cm³/mol. The molecule has 2 rings (SSSR count). The number of ether oxygens (including phenoxy) is 1. The van der Waals surface area contributed by atoms with Gasteiger partial charge in [-0.15, -0.1) is 0 Å². The molecule has 0 aliphatic rings. The number of nitrogens with one attached hydrogen (secondary N) is 2. The van der Waals surface area contributed by atoms with Crippen molar-refractivity contribution >= 4 is 27.3 Å². The zero-order chi connectivity index (χ0) is 19.3. The van der Waals surface area contributed by atoms with Gasteiger partial charge in [-0.3, -0.25) is 9.52 Å². The normalized spacial score (nSPS) is 11.3. The molecular formula is C18H21FN2O4S. The Morgan fingerprint density at radius 3 is 2.38 bits per heavy atom. The molecule has 0 unspecified atom stereocenters. The first-order chi connectivity index (χ1) is 12.2. The molecule has 0 radical (unpaired) electrons. The first-order valence-corrected chi connectivity index (χ1v) is 9.46. The number of amides is 1. The molecule has 140 valence electrons. The van der Waals surface area contributed by atoms with Crippen LogP contribution in [-0.2, 0) is 14.8 Å². The van der Waals surface area contributed by atoms with Crippen LogP contribution in [0, 0.1) is 11.7 Å². The summed E-state index contributed by atoms with van der Waals surface area (Å²) in [4.78, 5) is 11.8. The van der Waals surface area contributed by atoms with Crippen LogP contribution in [0.4, 0.5) is 15.8 Å². The molecule has 0 atom stereocenters. The summed E-state index contributed by atoms with van der Waals surface area (Å²) in [5.74, 6) is -0.212. The van der Waals surface area contributed by atoms with Gasteiger partial charge in [-0.25, -0.2) is 12.8 Å². The summed E-state index contributed by atoms with van der Waals surface area (Å²) in [7, 11) is -2.53. The molecule has 0 aliphatic carbocycles. The molecule has 0 heterocycles. The molecule has 26 heavy (non-hydrogen) atoms. The van der Waals surface area contributed by atoms with Gasteiger partial charge < -0.3 is 10.1 Å². The molecule has 2 N–H and O–H groups in total. The van der Waals surface area contributed by atoms with Gasteiger partial charge in [0, 0.05) is 12.1 Å². The Morgan fingerprint density at radius 1 is 1.15 bits per heavy atom. The number of sulfonamides is 1. The number of rotatable bonds is 7. The minimum absolute atomic E-state index is 0.0878. The van der Waals surface area contributed by atoms with Crippen molar-refractivity contribution in [3.05, 3.63) is 48.3 Å². The van der Waals surface area contributed by atoms with E-state index in [1.165, 1.54) is 25.3 Å². The summed E-state index contributed by atoms with van der Waals surface area (Å²) in [6.07, 6.45) is 0.350. The Labute approximate surface area is 152 Å². The summed E-state index contributed by atoms with van der Waals surface area (Å²) < 4.78 is 45.5. The van der Waals surface area contributed by atoms with Gasteiger partial charge in [0.15, 0.2) is 0 Å². The van der Waals surface area contributed by atoms with Crippen LogP contribution in [0.2, 0.25) is 0 Å². The Bertz CT molecular complexity index is 881. The van der Waals surface area contributed by atoms with Crippen molar-refractivity contribution in [1.29, 1.82) is 0 Å². The van der Waals surface area contributed by atoms with Crippen LogP contribution in [0.3, 0.4) is 0 Å². The molecule has 6 nitrogen and oxygen atoms in total. The Hall–Kier alpha value is -2.61. The van der Waals surface area contributed by atoms with Crippen molar-refractivity contribution in [1.82, 2.24) is 0 Å². The van der Waals surface area contributed by atoms with Gasteiger partial charge in [0.1, 0.15) is 11.6 Å². The lowest BCUT2D eigenvalue weighted by atomic mass is 10.1. The average molecular weight is 380 g/mol. The van der Waals surface area contributed by atoms with E-state index in [1.54, 1.807) is 12.1 Å². The highest BCUT2D eigenvalue weighted by Gasteiger charge is 2.17. The third-order valence-corrected chi connectivity index (χ3v) is 4.83. The molecule has 2 aromatic carbocycles. The molecule has 1 amide bonds. The maximum atomic E-state index is 13.0. The summed E-state index contributed by atoms with van der Waals surface area (Å²) in [6.45, 7) is 3.85. The number of benzene rings is 2. The summed E-state index contributed by atoms with van der Waals surface area (Å²) in [5, 5.41) is 2.72. The molecule has 0 aliphatic heterocycles. The molecule has 0 aromatic heterocycles. The minimum atomic E-state index is -3.94. The van der Waals surface area contributed by atoms with Crippen molar-refractivity contribution in [3.8, 4) is 5.75 Å². The van der Waals surface area contributed by atoms with Crippen LogP contribution >= 0.6 is 0 Å². The third-order valence-electron chi connectivity index (χ3n) is 3.45. The molecule has 0 fully saturated rings. The second-order valence-electron chi connectivity index (χ2n) is 6.12. The lowest BCUT2D eigenvalue weighted by molar-refractivity contribution is -0.116. The van der Waals surface area contributed by atoms with Crippen LogP contribution in [0.25, 0.3) is 0 Å². The fourth-order valence-corrected chi connectivity index (χ4v) is 3.33. The molecule has 0 spiro atoms. The van der Waals surface area contributed by atoms with Crippen molar-refractivity contribution in [2.24, 2.45) is 5.92 Å². The zero-order valence-corrected chi connectivity index (χ0v) is 15.6. The van der Waals surface area contributed by atoms with E-state index in [0.29, 0.717) is 12.1 Å². The highest BCUT2D eigenvalue weighted by Crippen LogP contribution is 2.30. The molecule has 0 saturated heterocycles. The average Bonchev–Trinajstić information content (AvgIpc) is 2.54. The van der Waals surface area contributed by atoms with E-state index in [2.05, 4.69) is 10.0 Å². The SMILES string of the molecule is COc1ccc(NC(=O)CC(C)C)cc1NS(=O)(=O)c1ccc(F)cc1. The maximum Gasteiger partial charge on any atom is 0.262 e. The van der Waals surface area contributed by atoms with E-state index in [-0.39, 0.29) is 28.2 Å². The third kappa shape index (κ3) is 5.19. The van der Waals surface area contributed by atoms with Crippen molar-refractivity contribution in [2.75, 3.05) is 17.1 Å². The molecule has 8 heteroatoms. The van der Waals surface area contributed by atoms with Gasteiger partial charge in [-0.05, 0) is 48.4 Å². The van der Waals surface area contributed by atoms with Gasteiger partial charge in [0.25, 0.3) is 10.0 Å². The number of halogens is 1. The van der Waals surface area contributed by atoms with Gasteiger partial charge in [0.2, 0.25) is 5.91 Å². The smallest absolute Gasteiger partial charge is 0.262 e. The monoisotopic (exact) mass is 380 g/mol. The van der Waals surface area contributed by atoms with Crippen LogP contribution < -0.4 is 14.8 Å². The van der Waals surface area contributed by atoms with Crippen LogP contribution in [0.15, 0.2) is 47.4 Å². The Morgan fingerprint density at radius 2 is 1.81 bits per heavy atom. The number of anilines is 2. The fraction of sp³-hybridized carbons (Fsp3) is 0.278. The maximum absolute atomic E-state index is 13.0. The number of hydrogen-bond donors (Lipinski definition) is 2. The molecule has 2 aromatic rings. The number of carbonyl (C=O) groups is 1. The molecule has 0 bridgehead atoms. The lowest BCUT2D eigenvalue weighted by Gasteiger charge is -2.14. The van der Waals surface area contributed by atoms with E-state index < -0.39 is 15.8 Å². The van der Waals surface area contributed by atoms with Crippen molar-refractivity contribution in [3.63, 3.8) is 0 Å². The number of carbonyl (C=O) groups excluding carboxylic acids is 1. The van der Waals surface area contributed by atoms with E-state index in [9.17, 15) is 17.6 Å². The van der Waals surface area contributed by atoms with Gasteiger partial charge in [-0.1, -0.05) is 13.8 Å². The second-order valence-corrected chi connectivity index (χ2v) is 7.80.